The first-order valence-corrected chi connectivity index (χ1v) is 7.99. The van der Waals surface area contributed by atoms with Crippen molar-refractivity contribution in [3.63, 3.8) is 0 Å². The molecule has 0 atom stereocenters. The molecule has 0 aliphatic rings. The molecule has 22 heavy (non-hydrogen) atoms. The summed E-state index contributed by atoms with van der Waals surface area (Å²) in [6.07, 6.45) is 3.31. The third-order valence-electron chi connectivity index (χ3n) is 3.07. The Hall–Kier alpha value is -2.13. The van der Waals surface area contributed by atoms with E-state index in [-0.39, 0.29) is 4.47 Å². The van der Waals surface area contributed by atoms with Crippen LogP contribution in [0.3, 0.4) is 0 Å². The van der Waals surface area contributed by atoms with Crippen LogP contribution in [-0.4, -0.2) is 19.5 Å². The molecule has 0 aromatic carbocycles. The second-order valence-corrected chi connectivity index (χ2v) is 6.19. The fraction of sp³-hybridized carbons (Fsp3) is 0.154. The van der Waals surface area contributed by atoms with Crippen LogP contribution in [0.15, 0.2) is 33.1 Å². The van der Waals surface area contributed by atoms with Crippen molar-refractivity contribution in [2.24, 2.45) is 0 Å². The van der Waals surface area contributed by atoms with Crippen molar-refractivity contribution >= 4 is 43.2 Å². The van der Waals surface area contributed by atoms with Gasteiger partial charge in [-0.3, -0.25) is 19.5 Å². The van der Waals surface area contributed by atoms with Gasteiger partial charge in [-0.2, -0.15) is 0 Å². The number of nitrogens with zero attached hydrogens (tertiary/aromatic N) is 4. The third-order valence-corrected chi connectivity index (χ3v) is 4.44. The lowest BCUT2D eigenvalue weighted by Crippen LogP contribution is -2.13. The molecule has 0 fully saturated rings. The van der Waals surface area contributed by atoms with E-state index in [2.05, 4.69) is 25.9 Å². The second-order valence-electron chi connectivity index (χ2n) is 4.44. The topological polar surface area (TPSA) is 90.9 Å². The minimum Gasteiger partial charge on any atom is -0.300 e. The van der Waals surface area contributed by atoms with Gasteiger partial charge in [0.1, 0.15) is 16.5 Å². The van der Waals surface area contributed by atoms with E-state index in [1.165, 1.54) is 28.3 Å². The van der Waals surface area contributed by atoms with Crippen molar-refractivity contribution in [3.8, 4) is 5.82 Å². The molecule has 0 unspecified atom stereocenters. The molecule has 3 heterocycles. The molecule has 0 amide bonds. The number of fused-ring (bicyclic) bond motifs is 1. The van der Waals surface area contributed by atoms with Gasteiger partial charge < -0.3 is 0 Å². The van der Waals surface area contributed by atoms with E-state index in [0.29, 0.717) is 18.1 Å². The molecule has 0 saturated heterocycles. The Labute approximate surface area is 136 Å². The summed E-state index contributed by atoms with van der Waals surface area (Å²) >= 11 is 4.55. The molecule has 112 valence electrons. The van der Waals surface area contributed by atoms with Crippen molar-refractivity contribution in [1.82, 2.24) is 14.5 Å². The predicted molar refractivity (Wildman–Crippen MR) is 86.7 cm³/mol. The maximum absolute atomic E-state index is 11.8. The van der Waals surface area contributed by atoms with Crippen molar-refractivity contribution in [2.75, 3.05) is 0 Å². The van der Waals surface area contributed by atoms with Gasteiger partial charge in [0.25, 0.3) is 5.43 Å². The molecule has 9 heteroatoms. The maximum atomic E-state index is 11.8. The average Bonchev–Trinajstić information content (AvgIpc) is 2.96. The molecule has 0 saturated carbocycles. The Morgan fingerprint density at radius 2 is 2.18 bits per heavy atom. The zero-order valence-electron chi connectivity index (χ0n) is 11.3. The minimum atomic E-state index is -0.698. The summed E-state index contributed by atoms with van der Waals surface area (Å²) < 4.78 is 1.60. The highest BCUT2D eigenvalue weighted by molar-refractivity contribution is 9.10. The number of thiophene rings is 1. The van der Waals surface area contributed by atoms with Crippen LogP contribution in [0.25, 0.3) is 16.0 Å². The van der Waals surface area contributed by atoms with Gasteiger partial charge in [0.15, 0.2) is 0 Å². The molecule has 0 aliphatic carbocycles. The van der Waals surface area contributed by atoms with Crippen LogP contribution < -0.4 is 5.43 Å². The summed E-state index contributed by atoms with van der Waals surface area (Å²) in [6.45, 7) is 1.93. The summed E-state index contributed by atoms with van der Waals surface area (Å²) in [4.78, 5) is 31.8. The summed E-state index contributed by atoms with van der Waals surface area (Å²) in [5.41, 5.74) is -1.16. The van der Waals surface area contributed by atoms with E-state index in [9.17, 15) is 14.9 Å². The normalized spacial score (nSPS) is 11.0. The zero-order valence-corrected chi connectivity index (χ0v) is 13.7. The van der Waals surface area contributed by atoms with Gasteiger partial charge in [-0.25, -0.2) is 9.97 Å². The number of hydrogen-bond donors (Lipinski definition) is 0. The number of nitro groups is 1. The summed E-state index contributed by atoms with van der Waals surface area (Å²) in [5.74, 6) is 1.16. The number of hydrogen-bond acceptors (Lipinski definition) is 6. The molecule has 3 rings (SSSR count). The lowest BCUT2D eigenvalue weighted by Gasteiger charge is -2.09. The number of halogens is 1. The van der Waals surface area contributed by atoms with E-state index in [0.717, 1.165) is 10.2 Å². The number of pyridine rings is 1. The number of aryl methyl sites for hydroxylation is 1. The van der Waals surface area contributed by atoms with Gasteiger partial charge in [0, 0.05) is 12.6 Å². The van der Waals surface area contributed by atoms with Crippen LogP contribution in [0.2, 0.25) is 0 Å². The van der Waals surface area contributed by atoms with Crippen LogP contribution in [0.5, 0.6) is 0 Å². The lowest BCUT2D eigenvalue weighted by atomic mass is 10.3. The van der Waals surface area contributed by atoms with Gasteiger partial charge in [0.2, 0.25) is 0 Å². The van der Waals surface area contributed by atoms with Crippen molar-refractivity contribution in [2.45, 2.75) is 13.3 Å². The Balaban J connectivity index is 2.34. The summed E-state index contributed by atoms with van der Waals surface area (Å²) in [6, 6.07) is 1.85. The van der Waals surface area contributed by atoms with Gasteiger partial charge in [-0.05, 0) is 27.4 Å². The van der Waals surface area contributed by atoms with E-state index in [4.69, 9.17) is 0 Å². The first kappa shape index (κ1) is 14.8. The van der Waals surface area contributed by atoms with E-state index in [1.807, 2.05) is 18.4 Å². The SMILES string of the molecule is CCc1nc(-n2cc(Br)c(=O)c([N+](=O)[O-])c2)c2ccsc2n1. The highest BCUT2D eigenvalue weighted by Gasteiger charge is 2.18. The summed E-state index contributed by atoms with van der Waals surface area (Å²) in [5, 5.41) is 13.7. The molecule has 0 aliphatic heterocycles. The largest absolute Gasteiger partial charge is 0.333 e. The van der Waals surface area contributed by atoms with E-state index >= 15 is 0 Å². The first-order chi connectivity index (χ1) is 10.5. The molecule has 0 bridgehead atoms. The minimum absolute atomic E-state index is 0.113. The average molecular weight is 381 g/mol. The van der Waals surface area contributed by atoms with Crippen molar-refractivity contribution in [3.05, 3.63) is 54.5 Å². The monoisotopic (exact) mass is 380 g/mol. The Kier molecular flexibility index (Phi) is 3.75. The molecule has 3 aromatic heterocycles. The zero-order chi connectivity index (χ0) is 15.9. The molecule has 0 N–H and O–H groups in total. The third kappa shape index (κ3) is 2.42. The van der Waals surface area contributed by atoms with Crippen LogP contribution in [0, 0.1) is 10.1 Å². The Bertz CT molecular complexity index is 950. The first-order valence-electron chi connectivity index (χ1n) is 6.32. The van der Waals surface area contributed by atoms with Crippen LogP contribution in [-0.2, 0) is 6.42 Å². The fourth-order valence-corrected chi connectivity index (χ4v) is 3.22. The maximum Gasteiger partial charge on any atom is 0.333 e. The highest BCUT2D eigenvalue weighted by Crippen LogP contribution is 2.25. The van der Waals surface area contributed by atoms with Gasteiger partial charge >= 0.3 is 5.69 Å². The Morgan fingerprint density at radius 3 is 2.86 bits per heavy atom. The van der Waals surface area contributed by atoms with Crippen molar-refractivity contribution in [1.29, 1.82) is 0 Å². The quantitative estimate of drug-likeness (QED) is 0.514. The number of rotatable bonds is 3. The van der Waals surface area contributed by atoms with Crippen LogP contribution >= 0.6 is 27.3 Å². The molecule has 7 nitrogen and oxygen atoms in total. The van der Waals surface area contributed by atoms with Crippen LogP contribution in [0.4, 0.5) is 5.69 Å². The molecule has 0 spiro atoms. The summed E-state index contributed by atoms with van der Waals surface area (Å²) in [7, 11) is 0. The number of aromatic nitrogens is 3. The Morgan fingerprint density at radius 1 is 1.41 bits per heavy atom. The standard InChI is InChI=1S/C13H9BrN4O3S/c1-2-10-15-12(7-3-4-22-13(7)16-10)17-5-8(14)11(19)9(6-17)18(20)21/h3-6H,2H2,1H3. The smallest absolute Gasteiger partial charge is 0.300 e. The molecular formula is C13H9BrN4O3S. The molecule has 0 radical (unpaired) electrons. The fourth-order valence-electron chi connectivity index (χ4n) is 2.02. The van der Waals surface area contributed by atoms with Gasteiger partial charge in [0.05, 0.1) is 21.0 Å². The van der Waals surface area contributed by atoms with E-state index in [1.54, 1.807) is 0 Å². The van der Waals surface area contributed by atoms with Gasteiger partial charge in [-0.15, -0.1) is 11.3 Å². The van der Waals surface area contributed by atoms with Crippen LogP contribution in [0.1, 0.15) is 12.7 Å². The van der Waals surface area contributed by atoms with Gasteiger partial charge in [-0.1, -0.05) is 6.92 Å². The molecule has 3 aromatic rings. The molecular weight excluding hydrogens is 372 g/mol. The second kappa shape index (κ2) is 5.58. The lowest BCUT2D eigenvalue weighted by molar-refractivity contribution is -0.386. The van der Waals surface area contributed by atoms with Crippen molar-refractivity contribution < 1.29 is 4.92 Å². The van der Waals surface area contributed by atoms with E-state index < -0.39 is 16.0 Å². The predicted octanol–water partition coefficient (Wildman–Crippen LogP) is 3.08. The highest BCUT2D eigenvalue weighted by atomic mass is 79.9.